The average Bonchev–Trinajstić information content (AvgIpc) is 3.18. The largest absolute Gasteiger partial charge is 0.487 e. The number of carboxylic acid groups (broad SMARTS) is 1. The summed E-state index contributed by atoms with van der Waals surface area (Å²) in [5.74, 6) is -3.73. The predicted octanol–water partition coefficient (Wildman–Crippen LogP) is 4.12. The lowest BCUT2D eigenvalue weighted by Gasteiger charge is -2.24. The fourth-order valence-corrected chi connectivity index (χ4v) is 3.59. The van der Waals surface area contributed by atoms with Gasteiger partial charge in [0.15, 0.2) is 17.4 Å². The van der Waals surface area contributed by atoms with E-state index >= 15 is 0 Å². The summed E-state index contributed by atoms with van der Waals surface area (Å²) >= 11 is 1.30. The Kier molecular flexibility index (Phi) is 4.52. The monoisotopic (exact) mass is 381 g/mol. The highest BCUT2D eigenvalue weighted by atomic mass is 32.1. The van der Waals surface area contributed by atoms with E-state index in [1.807, 2.05) is 0 Å². The molecule has 26 heavy (non-hydrogen) atoms. The van der Waals surface area contributed by atoms with E-state index in [0.717, 1.165) is 19.3 Å². The molecule has 1 N–H and O–H groups in total. The van der Waals surface area contributed by atoms with Crippen LogP contribution in [0.1, 0.15) is 25.7 Å². The molecule has 2 atom stereocenters. The molecule has 1 heterocycles. The van der Waals surface area contributed by atoms with Gasteiger partial charge in [-0.15, -0.1) is 0 Å². The summed E-state index contributed by atoms with van der Waals surface area (Å²) in [4.78, 5) is 15.1. The molecule has 2 fully saturated rings. The van der Waals surface area contributed by atoms with Crippen LogP contribution in [0.3, 0.4) is 0 Å². The SMILES string of the molecule is O=C(O)C1CC1COc1c(F)cc(-c2csc(OC3CCC3)n2)cc1F. The van der Waals surface area contributed by atoms with Gasteiger partial charge < -0.3 is 14.6 Å². The van der Waals surface area contributed by atoms with Crippen molar-refractivity contribution in [2.24, 2.45) is 11.8 Å². The third-order valence-electron chi connectivity index (χ3n) is 4.78. The number of ether oxygens (including phenoxy) is 2. The van der Waals surface area contributed by atoms with Gasteiger partial charge >= 0.3 is 5.97 Å². The molecule has 0 bridgehead atoms. The maximum atomic E-state index is 14.3. The lowest BCUT2D eigenvalue weighted by atomic mass is 9.96. The van der Waals surface area contributed by atoms with Crippen LogP contribution in [0.2, 0.25) is 0 Å². The van der Waals surface area contributed by atoms with E-state index in [1.54, 1.807) is 5.38 Å². The fraction of sp³-hybridized carbons (Fsp3) is 0.444. The first-order valence-electron chi connectivity index (χ1n) is 8.48. The van der Waals surface area contributed by atoms with Crippen LogP contribution in [0, 0.1) is 23.5 Å². The van der Waals surface area contributed by atoms with Crippen molar-refractivity contribution in [3.63, 3.8) is 0 Å². The van der Waals surface area contributed by atoms with Crippen molar-refractivity contribution in [2.75, 3.05) is 6.61 Å². The molecule has 2 unspecified atom stereocenters. The minimum Gasteiger partial charge on any atom is -0.487 e. The van der Waals surface area contributed by atoms with Crippen LogP contribution in [-0.4, -0.2) is 28.8 Å². The smallest absolute Gasteiger partial charge is 0.306 e. The van der Waals surface area contributed by atoms with Crippen LogP contribution in [-0.2, 0) is 4.79 Å². The molecule has 8 heteroatoms. The Morgan fingerprint density at radius 2 is 2.04 bits per heavy atom. The van der Waals surface area contributed by atoms with E-state index in [0.29, 0.717) is 22.9 Å². The van der Waals surface area contributed by atoms with Crippen molar-refractivity contribution in [1.29, 1.82) is 0 Å². The van der Waals surface area contributed by atoms with E-state index in [9.17, 15) is 13.6 Å². The second-order valence-electron chi connectivity index (χ2n) is 6.69. The standard InChI is InChI=1S/C18H17F2NO4S/c19-13-5-9(15-8-26-18(21-15)25-11-2-1-3-11)6-14(20)16(13)24-7-10-4-12(10)17(22)23/h5-6,8,10-12H,1-4,7H2,(H,22,23). The molecule has 0 radical (unpaired) electrons. The number of carbonyl (C=O) groups is 1. The second-order valence-corrected chi connectivity index (χ2v) is 7.51. The van der Waals surface area contributed by atoms with Gasteiger partial charge in [0.2, 0.25) is 0 Å². The summed E-state index contributed by atoms with van der Waals surface area (Å²) in [5, 5.41) is 11.0. The molecule has 138 valence electrons. The van der Waals surface area contributed by atoms with Gasteiger partial charge in [0.25, 0.3) is 5.19 Å². The lowest BCUT2D eigenvalue weighted by Crippen LogP contribution is -2.24. The first-order chi connectivity index (χ1) is 12.5. The van der Waals surface area contributed by atoms with Crippen LogP contribution in [0.4, 0.5) is 8.78 Å². The van der Waals surface area contributed by atoms with E-state index in [2.05, 4.69) is 4.98 Å². The van der Waals surface area contributed by atoms with Gasteiger partial charge in [0, 0.05) is 16.9 Å². The highest BCUT2D eigenvalue weighted by Crippen LogP contribution is 2.40. The quantitative estimate of drug-likeness (QED) is 0.781. The van der Waals surface area contributed by atoms with Crippen LogP contribution in [0.5, 0.6) is 10.9 Å². The number of carboxylic acids is 1. The lowest BCUT2D eigenvalue weighted by molar-refractivity contribution is -0.138. The Hall–Kier alpha value is -2.22. The highest BCUT2D eigenvalue weighted by Gasteiger charge is 2.43. The predicted molar refractivity (Wildman–Crippen MR) is 90.5 cm³/mol. The number of hydrogen-bond donors (Lipinski definition) is 1. The minimum absolute atomic E-state index is 0.0137. The first-order valence-corrected chi connectivity index (χ1v) is 9.36. The van der Waals surface area contributed by atoms with Gasteiger partial charge in [-0.05, 0) is 37.8 Å². The number of rotatable bonds is 7. The second kappa shape index (κ2) is 6.83. The molecule has 4 rings (SSSR count). The van der Waals surface area contributed by atoms with E-state index in [1.165, 1.54) is 23.5 Å². The molecule has 0 saturated heterocycles. The van der Waals surface area contributed by atoms with Crippen molar-refractivity contribution in [2.45, 2.75) is 31.8 Å². The van der Waals surface area contributed by atoms with Crippen LogP contribution >= 0.6 is 11.3 Å². The first kappa shape index (κ1) is 17.2. The summed E-state index contributed by atoms with van der Waals surface area (Å²) in [6, 6.07) is 2.34. The zero-order valence-corrected chi connectivity index (χ0v) is 14.6. The summed E-state index contributed by atoms with van der Waals surface area (Å²) in [7, 11) is 0. The van der Waals surface area contributed by atoms with Crippen LogP contribution in [0.15, 0.2) is 17.5 Å². The van der Waals surface area contributed by atoms with E-state index < -0.39 is 29.3 Å². The molecule has 2 aliphatic rings. The van der Waals surface area contributed by atoms with Crippen molar-refractivity contribution >= 4 is 17.3 Å². The van der Waals surface area contributed by atoms with Crippen LogP contribution < -0.4 is 9.47 Å². The molecule has 0 amide bonds. The van der Waals surface area contributed by atoms with Crippen molar-refractivity contribution in [3.8, 4) is 22.2 Å². The molecule has 2 aliphatic carbocycles. The minimum atomic E-state index is -0.904. The maximum absolute atomic E-state index is 14.3. The zero-order valence-electron chi connectivity index (χ0n) is 13.8. The van der Waals surface area contributed by atoms with Gasteiger partial charge in [-0.25, -0.2) is 13.8 Å². The number of halogens is 2. The molecule has 1 aromatic carbocycles. The van der Waals surface area contributed by atoms with Gasteiger partial charge in [-0.1, -0.05) is 11.3 Å². The molecule has 0 spiro atoms. The fourth-order valence-electron chi connectivity index (χ4n) is 2.85. The van der Waals surface area contributed by atoms with Gasteiger partial charge in [-0.2, -0.15) is 0 Å². The Morgan fingerprint density at radius 3 is 2.62 bits per heavy atom. The molecular weight excluding hydrogens is 364 g/mol. The molecule has 5 nitrogen and oxygen atoms in total. The number of hydrogen-bond acceptors (Lipinski definition) is 5. The topological polar surface area (TPSA) is 68.7 Å². The normalized spacial score (nSPS) is 21.9. The highest BCUT2D eigenvalue weighted by molar-refractivity contribution is 7.11. The maximum Gasteiger partial charge on any atom is 0.306 e. The molecule has 1 aromatic heterocycles. The third-order valence-corrected chi connectivity index (χ3v) is 5.51. The molecule has 2 saturated carbocycles. The summed E-state index contributed by atoms with van der Waals surface area (Å²) < 4.78 is 39.4. The zero-order chi connectivity index (χ0) is 18.3. The van der Waals surface area contributed by atoms with Gasteiger partial charge in [0.1, 0.15) is 6.10 Å². The number of nitrogens with zero attached hydrogens (tertiary/aromatic N) is 1. The Morgan fingerprint density at radius 1 is 1.31 bits per heavy atom. The molecule has 2 aromatic rings. The van der Waals surface area contributed by atoms with Crippen molar-refractivity contribution < 1.29 is 28.2 Å². The number of aromatic nitrogens is 1. The number of benzene rings is 1. The Labute approximate surface area is 152 Å². The average molecular weight is 381 g/mol. The van der Waals surface area contributed by atoms with Crippen molar-refractivity contribution in [1.82, 2.24) is 4.98 Å². The molecular formula is C18H17F2NO4S. The van der Waals surface area contributed by atoms with Gasteiger partial charge in [-0.3, -0.25) is 4.79 Å². The van der Waals surface area contributed by atoms with Gasteiger partial charge in [0.05, 0.1) is 18.2 Å². The number of aliphatic carboxylic acids is 1. The Bertz CT molecular complexity index is 813. The van der Waals surface area contributed by atoms with E-state index in [-0.39, 0.29) is 18.6 Å². The van der Waals surface area contributed by atoms with Crippen molar-refractivity contribution in [3.05, 3.63) is 29.1 Å². The third kappa shape index (κ3) is 3.51. The summed E-state index contributed by atoms with van der Waals surface area (Å²) in [6.07, 6.45) is 3.82. The summed E-state index contributed by atoms with van der Waals surface area (Å²) in [6.45, 7) is -0.0137. The van der Waals surface area contributed by atoms with Crippen LogP contribution in [0.25, 0.3) is 11.3 Å². The summed E-state index contributed by atoms with van der Waals surface area (Å²) in [5.41, 5.74) is 0.753. The Balaban J connectivity index is 1.44. The molecule has 0 aliphatic heterocycles. The van der Waals surface area contributed by atoms with E-state index in [4.69, 9.17) is 14.6 Å². The number of thiazole rings is 1.